The minimum Gasteiger partial charge on any atom is -0.478 e. The number of aromatic nitrogens is 5. The summed E-state index contributed by atoms with van der Waals surface area (Å²) in [7, 11) is 1.59. The number of carboxylic acid groups (broad SMARTS) is 1. The molecule has 0 saturated heterocycles. The van der Waals surface area contributed by atoms with E-state index in [9.17, 15) is 24.3 Å². The van der Waals surface area contributed by atoms with Crippen molar-refractivity contribution in [1.82, 2.24) is 34.8 Å². The number of benzene rings is 2. The highest BCUT2D eigenvalue weighted by Gasteiger charge is 2.29. The van der Waals surface area contributed by atoms with Gasteiger partial charge in [0.1, 0.15) is 11.4 Å². The van der Waals surface area contributed by atoms with Crippen LogP contribution in [0.4, 0.5) is 0 Å². The molecule has 3 heterocycles. The van der Waals surface area contributed by atoms with Gasteiger partial charge in [0, 0.05) is 13.6 Å². The van der Waals surface area contributed by atoms with E-state index < -0.39 is 23.5 Å². The molecule has 6 rings (SSSR count). The third-order valence-electron chi connectivity index (χ3n) is 7.39. The molecule has 14 heteroatoms. The van der Waals surface area contributed by atoms with Gasteiger partial charge in [-0.3, -0.25) is 14.2 Å². The van der Waals surface area contributed by atoms with Crippen molar-refractivity contribution in [2.75, 3.05) is 0 Å². The van der Waals surface area contributed by atoms with Crippen molar-refractivity contribution >= 4 is 46.9 Å². The topological polar surface area (TPSA) is 177 Å². The third kappa shape index (κ3) is 4.47. The van der Waals surface area contributed by atoms with E-state index in [-0.39, 0.29) is 40.1 Å². The molecule has 1 aliphatic carbocycles. The van der Waals surface area contributed by atoms with Crippen molar-refractivity contribution in [3.05, 3.63) is 90.9 Å². The minimum absolute atomic E-state index is 0.0396. The second kappa shape index (κ2) is 9.82. The maximum atomic E-state index is 13.5. The first-order chi connectivity index (χ1) is 19.6. The molecular weight excluding hydrogens is 550 g/mol. The first-order valence-corrected chi connectivity index (χ1v) is 13.0. The van der Waals surface area contributed by atoms with Crippen LogP contribution in [0.2, 0.25) is 0 Å². The number of H-pyrrole nitrogens is 1. The van der Waals surface area contributed by atoms with Gasteiger partial charge in [-0.25, -0.2) is 24.1 Å². The van der Waals surface area contributed by atoms with Crippen LogP contribution in [0.3, 0.4) is 0 Å². The lowest BCUT2D eigenvalue weighted by atomic mass is 9.98. The Hall–Kier alpha value is -5.11. The number of aromatic carboxylic acids is 1. The van der Waals surface area contributed by atoms with Crippen LogP contribution < -0.4 is 16.4 Å². The van der Waals surface area contributed by atoms with E-state index in [2.05, 4.69) is 25.8 Å². The Labute approximate surface area is 235 Å². The van der Waals surface area contributed by atoms with E-state index in [0.717, 1.165) is 16.7 Å². The Morgan fingerprint density at radius 3 is 2.78 bits per heavy atom. The summed E-state index contributed by atoms with van der Waals surface area (Å²) in [5, 5.41) is 21.9. The van der Waals surface area contributed by atoms with Gasteiger partial charge >= 0.3 is 11.7 Å². The van der Waals surface area contributed by atoms with E-state index in [0.29, 0.717) is 29.5 Å². The summed E-state index contributed by atoms with van der Waals surface area (Å²) < 4.78 is 8.00. The number of aryl methyl sites for hydroxylation is 1. The zero-order chi connectivity index (χ0) is 29.0. The Balaban J connectivity index is 1.26. The highest BCUT2D eigenvalue weighted by molar-refractivity contribution is 7.71. The number of carbonyl (C=O) groups excluding carboxylic acids is 2. The van der Waals surface area contributed by atoms with Gasteiger partial charge in [-0.1, -0.05) is 12.1 Å². The number of amides is 2. The van der Waals surface area contributed by atoms with Gasteiger partial charge < -0.3 is 20.2 Å². The molecule has 0 bridgehead atoms. The first kappa shape index (κ1) is 26.1. The molecule has 2 aromatic carbocycles. The molecule has 3 aromatic heterocycles. The molecule has 13 nitrogen and oxygen atoms in total. The third-order valence-corrected chi connectivity index (χ3v) is 7.67. The molecule has 0 saturated carbocycles. The van der Waals surface area contributed by atoms with E-state index >= 15 is 0 Å². The Morgan fingerprint density at radius 2 is 2.00 bits per heavy atom. The van der Waals surface area contributed by atoms with Crippen LogP contribution in [0, 0.1) is 11.7 Å². The minimum atomic E-state index is -0.996. The summed E-state index contributed by atoms with van der Waals surface area (Å²) in [5.41, 5.74) is 4.47. The zero-order valence-corrected chi connectivity index (χ0v) is 22.7. The number of nitrogens with one attached hydrogen (secondary N) is 3. The lowest BCUT2D eigenvalue weighted by molar-refractivity contribution is 0.0695. The highest BCUT2D eigenvalue weighted by Crippen LogP contribution is 2.35. The number of carbonyl (C=O) groups is 3. The van der Waals surface area contributed by atoms with Crippen molar-refractivity contribution in [3.8, 4) is 0 Å². The van der Waals surface area contributed by atoms with Gasteiger partial charge in [-0.05, 0) is 78.5 Å². The lowest BCUT2D eigenvalue weighted by Crippen LogP contribution is -2.30. The molecule has 1 aliphatic rings. The second-order valence-electron chi connectivity index (χ2n) is 9.78. The molecular formula is C27H23N7O6S. The maximum Gasteiger partial charge on any atom is 0.419 e. The summed E-state index contributed by atoms with van der Waals surface area (Å²) in [5.74, 6) is -2.46. The summed E-state index contributed by atoms with van der Waals surface area (Å²) in [4.78, 5) is 54.2. The molecule has 0 fully saturated rings. The van der Waals surface area contributed by atoms with Crippen LogP contribution in [-0.2, 0) is 20.0 Å². The smallest absolute Gasteiger partial charge is 0.419 e. The van der Waals surface area contributed by atoms with Gasteiger partial charge in [0.25, 0.3) is 17.6 Å². The van der Waals surface area contributed by atoms with Gasteiger partial charge in [-0.2, -0.15) is 0 Å². The lowest BCUT2D eigenvalue weighted by Gasteiger charge is -2.16. The maximum absolute atomic E-state index is 13.5. The summed E-state index contributed by atoms with van der Waals surface area (Å²) in [6.45, 7) is 1.90. The number of hydrogen-bond donors (Lipinski definition) is 4. The van der Waals surface area contributed by atoms with Crippen molar-refractivity contribution in [1.29, 1.82) is 0 Å². The first-order valence-electron chi connectivity index (χ1n) is 12.6. The molecule has 208 valence electrons. The van der Waals surface area contributed by atoms with Gasteiger partial charge in [0.15, 0.2) is 5.58 Å². The van der Waals surface area contributed by atoms with Gasteiger partial charge in [0.2, 0.25) is 4.77 Å². The number of carboxylic acids is 1. The molecule has 1 atom stereocenters. The fraction of sp³-hybridized carbons (Fsp3) is 0.222. The number of aromatic amines is 1. The normalized spacial score (nSPS) is 14.3. The zero-order valence-electron chi connectivity index (χ0n) is 21.8. The monoisotopic (exact) mass is 573 g/mol. The van der Waals surface area contributed by atoms with Crippen LogP contribution in [0.5, 0.6) is 0 Å². The van der Waals surface area contributed by atoms with Crippen LogP contribution in [0.1, 0.15) is 66.1 Å². The van der Waals surface area contributed by atoms with Crippen molar-refractivity contribution in [2.24, 2.45) is 7.05 Å². The second-order valence-corrected chi connectivity index (χ2v) is 10.2. The molecule has 5 aromatic rings. The Kier molecular flexibility index (Phi) is 6.26. The van der Waals surface area contributed by atoms with E-state index in [1.807, 2.05) is 0 Å². The Bertz CT molecular complexity index is 2040. The average Bonchev–Trinajstić information content (AvgIpc) is 3.62. The molecule has 0 aliphatic heterocycles. The van der Waals surface area contributed by atoms with Crippen molar-refractivity contribution in [3.63, 3.8) is 0 Å². The summed E-state index contributed by atoms with van der Waals surface area (Å²) >= 11 is 5.31. The SMILES string of the molecule is Cc1c(C(=O)O)ccc2c1CC[C@@H]2NC(=O)c1cc(C(=O)NCc2ccc3oc(=O)n(C)c3c2)nc2n[nH]c(=S)n12. The van der Waals surface area contributed by atoms with Crippen LogP contribution in [0.15, 0.2) is 45.6 Å². The number of oxazole rings is 1. The highest BCUT2D eigenvalue weighted by atomic mass is 32.1. The largest absolute Gasteiger partial charge is 0.478 e. The molecule has 0 unspecified atom stereocenters. The van der Waals surface area contributed by atoms with E-state index in [4.69, 9.17) is 16.6 Å². The summed E-state index contributed by atoms with van der Waals surface area (Å²) in [6, 6.07) is 9.40. The van der Waals surface area contributed by atoms with Crippen LogP contribution >= 0.6 is 12.2 Å². The standard InChI is InChI=1S/C27H23N7O6S/c1-12-14-6-7-17(16(14)5-4-15(12)24(37)38)29-23(36)20-10-18(30-25-31-32-26(41)34(20)25)22(35)28-11-13-3-8-21-19(9-13)33(2)27(39)40-21/h3-5,8-10,17H,6-7,11H2,1-2H3,(H,28,35)(H,29,36)(H,32,41)(H,37,38)/t17-/m0/s1. The van der Waals surface area contributed by atoms with E-state index in [1.54, 1.807) is 44.3 Å². The van der Waals surface area contributed by atoms with E-state index in [1.165, 1.54) is 15.0 Å². The van der Waals surface area contributed by atoms with Crippen LogP contribution in [-0.4, -0.2) is 47.0 Å². The quantitative estimate of drug-likeness (QED) is 0.222. The average molecular weight is 574 g/mol. The molecule has 41 heavy (non-hydrogen) atoms. The molecule has 2 amide bonds. The Morgan fingerprint density at radius 1 is 1.20 bits per heavy atom. The fourth-order valence-electron chi connectivity index (χ4n) is 5.25. The number of nitrogens with zero attached hydrogens (tertiary/aromatic N) is 4. The fourth-order valence-corrected chi connectivity index (χ4v) is 5.47. The number of hydrogen-bond acceptors (Lipinski definition) is 8. The predicted octanol–water partition coefficient (Wildman–Crippen LogP) is 2.59. The summed E-state index contributed by atoms with van der Waals surface area (Å²) in [6.07, 6.45) is 1.21. The molecule has 0 radical (unpaired) electrons. The molecule has 0 spiro atoms. The van der Waals surface area contributed by atoms with Gasteiger partial charge in [-0.15, -0.1) is 5.10 Å². The predicted molar refractivity (Wildman–Crippen MR) is 147 cm³/mol. The number of rotatable bonds is 6. The number of fused-ring (bicyclic) bond motifs is 3. The van der Waals surface area contributed by atoms with Crippen LogP contribution in [0.25, 0.3) is 16.9 Å². The molecule has 4 N–H and O–H groups in total. The van der Waals surface area contributed by atoms with Crippen molar-refractivity contribution in [2.45, 2.75) is 32.4 Å². The van der Waals surface area contributed by atoms with Crippen molar-refractivity contribution < 1.29 is 23.9 Å². The van der Waals surface area contributed by atoms with Gasteiger partial charge in [0.05, 0.1) is 17.1 Å².